The molecule has 0 saturated heterocycles. The Kier molecular flexibility index (Phi) is 4.55. The minimum Gasteiger partial charge on any atom is -0.508 e. The quantitative estimate of drug-likeness (QED) is 0.521. The molecule has 4 heteroatoms. The fraction of sp³-hybridized carbons (Fsp3) is 0.192. The van der Waals surface area contributed by atoms with Crippen molar-refractivity contribution in [2.24, 2.45) is 0 Å². The van der Waals surface area contributed by atoms with Gasteiger partial charge in [-0.2, -0.15) is 0 Å². The standard InChI is InChI=1S/C26H24N2O2/c1-16-7-12-21-22(13-16)28-26(18-8-10-20(29)11-9-18)25-23(27-21)14-19(15-24(25)30)17-5-3-2-4-6-17/h2-13,19,26-29H,14-15H2,1H3/t19-,26+/m1/s1. The van der Waals surface area contributed by atoms with Gasteiger partial charge in [0, 0.05) is 17.7 Å². The fourth-order valence-electron chi connectivity index (χ4n) is 4.54. The lowest BCUT2D eigenvalue weighted by molar-refractivity contribution is -0.116. The Morgan fingerprint density at radius 2 is 1.63 bits per heavy atom. The summed E-state index contributed by atoms with van der Waals surface area (Å²) in [5.41, 5.74) is 7.04. The topological polar surface area (TPSA) is 61.4 Å². The van der Waals surface area contributed by atoms with Crippen molar-refractivity contribution in [3.8, 4) is 5.75 Å². The molecule has 3 aromatic carbocycles. The molecule has 1 heterocycles. The average molecular weight is 396 g/mol. The molecule has 0 bridgehead atoms. The molecule has 1 aliphatic heterocycles. The minimum absolute atomic E-state index is 0.160. The van der Waals surface area contributed by atoms with E-state index in [0.717, 1.165) is 40.2 Å². The van der Waals surface area contributed by atoms with Crippen LogP contribution < -0.4 is 10.6 Å². The molecule has 0 radical (unpaired) electrons. The number of allylic oxidation sites excluding steroid dienone is 1. The Balaban J connectivity index is 1.62. The summed E-state index contributed by atoms with van der Waals surface area (Å²) in [6.45, 7) is 2.06. The highest BCUT2D eigenvalue weighted by Crippen LogP contribution is 2.44. The van der Waals surface area contributed by atoms with Gasteiger partial charge in [0.1, 0.15) is 5.75 Å². The number of aryl methyl sites for hydroxylation is 1. The second-order valence-corrected chi connectivity index (χ2v) is 8.17. The molecule has 4 nitrogen and oxygen atoms in total. The number of hydrogen-bond acceptors (Lipinski definition) is 4. The van der Waals surface area contributed by atoms with Crippen LogP contribution >= 0.6 is 0 Å². The highest BCUT2D eigenvalue weighted by molar-refractivity contribution is 6.01. The molecule has 2 atom stereocenters. The molecule has 3 N–H and O–H groups in total. The van der Waals surface area contributed by atoms with E-state index in [2.05, 4.69) is 47.9 Å². The Morgan fingerprint density at radius 3 is 2.40 bits per heavy atom. The number of nitrogens with one attached hydrogen (secondary N) is 2. The molecule has 5 rings (SSSR count). The average Bonchev–Trinajstić information content (AvgIpc) is 2.91. The molecule has 1 aliphatic carbocycles. The predicted molar refractivity (Wildman–Crippen MR) is 120 cm³/mol. The number of rotatable bonds is 2. The van der Waals surface area contributed by atoms with Crippen molar-refractivity contribution in [2.75, 3.05) is 10.6 Å². The lowest BCUT2D eigenvalue weighted by Crippen LogP contribution is -2.26. The summed E-state index contributed by atoms with van der Waals surface area (Å²) in [5, 5.41) is 16.9. The second kappa shape index (κ2) is 7.38. The van der Waals surface area contributed by atoms with Crippen LogP contribution in [0, 0.1) is 6.92 Å². The van der Waals surface area contributed by atoms with Crippen LogP contribution in [0.3, 0.4) is 0 Å². The summed E-state index contributed by atoms with van der Waals surface area (Å²) in [7, 11) is 0. The Morgan fingerprint density at radius 1 is 0.867 bits per heavy atom. The monoisotopic (exact) mass is 396 g/mol. The number of carbonyl (C=O) groups is 1. The molecule has 0 amide bonds. The zero-order chi connectivity index (χ0) is 20.7. The number of fused-ring (bicyclic) bond motifs is 1. The third-order valence-electron chi connectivity index (χ3n) is 6.05. The SMILES string of the molecule is Cc1ccc2c(c1)N[C@@H](c1ccc(O)cc1)C1=C(C[C@@H](c3ccccc3)CC1=O)N2. The van der Waals surface area contributed by atoms with Crippen LogP contribution in [-0.4, -0.2) is 10.9 Å². The van der Waals surface area contributed by atoms with Gasteiger partial charge in [0.15, 0.2) is 5.78 Å². The molecule has 2 aliphatic rings. The van der Waals surface area contributed by atoms with Crippen molar-refractivity contribution < 1.29 is 9.90 Å². The summed E-state index contributed by atoms with van der Waals surface area (Å²) >= 11 is 0. The Labute approximate surface area is 176 Å². The van der Waals surface area contributed by atoms with E-state index in [9.17, 15) is 9.90 Å². The maximum absolute atomic E-state index is 13.4. The van der Waals surface area contributed by atoms with Crippen LogP contribution in [0.2, 0.25) is 0 Å². The van der Waals surface area contributed by atoms with Crippen molar-refractivity contribution in [3.05, 3.63) is 101 Å². The van der Waals surface area contributed by atoms with Crippen molar-refractivity contribution in [2.45, 2.75) is 31.7 Å². The number of ketones is 1. The molecule has 0 spiro atoms. The van der Waals surface area contributed by atoms with Gasteiger partial charge in [0.25, 0.3) is 0 Å². The van der Waals surface area contributed by atoms with E-state index < -0.39 is 0 Å². The molecule has 0 saturated carbocycles. The summed E-state index contributed by atoms with van der Waals surface area (Å²) in [4.78, 5) is 13.4. The molecule has 0 unspecified atom stereocenters. The Hall–Kier alpha value is -3.53. The van der Waals surface area contributed by atoms with E-state index in [1.807, 2.05) is 30.3 Å². The lowest BCUT2D eigenvalue weighted by Gasteiger charge is -2.30. The zero-order valence-corrected chi connectivity index (χ0v) is 16.9. The third kappa shape index (κ3) is 3.35. The van der Waals surface area contributed by atoms with Crippen molar-refractivity contribution >= 4 is 17.2 Å². The van der Waals surface area contributed by atoms with Gasteiger partial charge >= 0.3 is 0 Å². The second-order valence-electron chi connectivity index (χ2n) is 8.17. The van der Waals surface area contributed by atoms with Crippen LogP contribution in [0.1, 0.15) is 41.5 Å². The normalized spacial score (nSPS) is 20.5. The van der Waals surface area contributed by atoms with Gasteiger partial charge in [-0.3, -0.25) is 4.79 Å². The molecule has 3 aromatic rings. The van der Waals surface area contributed by atoms with Gasteiger partial charge in [0.2, 0.25) is 0 Å². The smallest absolute Gasteiger partial charge is 0.163 e. The van der Waals surface area contributed by atoms with E-state index in [0.29, 0.717) is 6.42 Å². The van der Waals surface area contributed by atoms with Gasteiger partial charge < -0.3 is 15.7 Å². The highest BCUT2D eigenvalue weighted by Gasteiger charge is 2.36. The van der Waals surface area contributed by atoms with E-state index in [1.54, 1.807) is 12.1 Å². The number of carbonyl (C=O) groups excluding carboxylic acids is 1. The van der Waals surface area contributed by atoms with Crippen LogP contribution in [0.25, 0.3) is 0 Å². The van der Waals surface area contributed by atoms with Gasteiger partial charge in [-0.15, -0.1) is 0 Å². The maximum atomic E-state index is 13.4. The summed E-state index contributed by atoms with van der Waals surface area (Å²) in [6, 6.07) is 23.4. The van der Waals surface area contributed by atoms with E-state index in [-0.39, 0.29) is 23.5 Å². The first-order valence-electron chi connectivity index (χ1n) is 10.3. The molecular weight excluding hydrogens is 372 g/mol. The predicted octanol–water partition coefficient (Wildman–Crippen LogP) is 5.68. The first kappa shape index (κ1) is 18.5. The highest BCUT2D eigenvalue weighted by atomic mass is 16.3. The summed E-state index contributed by atoms with van der Waals surface area (Å²) in [6.07, 6.45) is 1.28. The number of phenols is 1. The van der Waals surface area contributed by atoms with Gasteiger partial charge in [-0.25, -0.2) is 0 Å². The van der Waals surface area contributed by atoms with Crippen LogP contribution in [0.4, 0.5) is 11.4 Å². The first-order valence-corrected chi connectivity index (χ1v) is 10.3. The Bertz CT molecular complexity index is 1130. The third-order valence-corrected chi connectivity index (χ3v) is 6.05. The van der Waals surface area contributed by atoms with Gasteiger partial charge in [-0.1, -0.05) is 48.5 Å². The van der Waals surface area contributed by atoms with Crippen LogP contribution in [-0.2, 0) is 4.79 Å². The van der Waals surface area contributed by atoms with E-state index >= 15 is 0 Å². The van der Waals surface area contributed by atoms with Crippen LogP contribution in [0.15, 0.2) is 84.1 Å². The van der Waals surface area contributed by atoms with Crippen molar-refractivity contribution in [3.63, 3.8) is 0 Å². The number of anilines is 2. The van der Waals surface area contributed by atoms with Gasteiger partial charge in [0.05, 0.1) is 17.4 Å². The number of hydrogen-bond donors (Lipinski definition) is 3. The molecule has 0 aromatic heterocycles. The number of Topliss-reactive ketones (excluding diaryl/α,β-unsaturated/α-hetero) is 1. The minimum atomic E-state index is -0.264. The fourth-order valence-corrected chi connectivity index (χ4v) is 4.54. The summed E-state index contributed by atoms with van der Waals surface area (Å²) in [5.74, 6) is 0.542. The van der Waals surface area contributed by atoms with Gasteiger partial charge in [-0.05, 0) is 60.2 Å². The number of phenolic OH excluding ortho intramolecular Hbond substituents is 1. The van der Waals surface area contributed by atoms with Crippen molar-refractivity contribution in [1.29, 1.82) is 0 Å². The van der Waals surface area contributed by atoms with Crippen molar-refractivity contribution in [1.82, 2.24) is 0 Å². The number of benzene rings is 3. The maximum Gasteiger partial charge on any atom is 0.163 e. The summed E-state index contributed by atoms with van der Waals surface area (Å²) < 4.78 is 0. The molecular formula is C26H24N2O2. The largest absolute Gasteiger partial charge is 0.508 e. The molecule has 30 heavy (non-hydrogen) atoms. The first-order chi connectivity index (χ1) is 14.6. The zero-order valence-electron chi connectivity index (χ0n) is 16.9. The number of aromatic hydroxyl groups is 1. The molecule has 150 valence electrons. The van der Waals surface area contributed by atoms with E-state index in [4.69, 9.17) is 0 Å². The van der Waals surface area contributed by atoms with E-state index in [1.165, 1.54) is 5.56 Å². The lowest BCUT2D eigenvalue weighted by atomic mass is 9.78. The van der Waals surface area contributed by atoms with Crippen LogP contribution in [0.5, 0.6) is 5.75 Å². The molecule has 0 fully saturated rings.